The second-order valence-electron chi connectivity index (χ2n) is 3.65. The predicted octanol–water partition coefficient (Wildman–Crippen LogP) is 2.62. The third kappa shape index (κ3) is 5.80. The second kappa shape index (κ2) is 7.71. The van der Waals surface area contributed by atoms with Gasteiger partial charge in [-0.1, -0.05) is 6.07 Å². The van der Waals surface area contributed by atoms with Gasteiger partial charge in [-0.2, -0.15) is 11.8 Å². The minimum atomic E-state index is 0.890. The number of nitrogens with zero attached hydrogens (tertiary/aromatic N) is 1. The van der Waals surface area contributed by atoms with Crippen LogP contribution in [0.5, 0.6) is 0 Å². The summed E-state index contributed by atoms with van der Waals surface area (Å²) in [5.41, 5.74) is 2.23. The molecular weight excluding hydrogens is 204 g/mol. The third-order valence-corrected chi connectivity index (χ3v) is 2.90. The Morgan fingerprint density at radius 2 is 2.20 bits per heavy atom. The van der Waals surface area contributed by atoms with E-state index in [0.29, 0.717) is 0 Å². The highest BCUT2D eigenvalue weighted by atomic mass is 32.2. The molecule has 0 fully saturated rings. The van der Waals surface area contributed by atoms with Gasteiger partial charge < -0.3 is 5.32 Å². The van der Waals surface area contributed by atoms with Crippen LogP contribution in [-0.2, 0) is 6.54 Å². The first kappa shape index (κ1) is 12.5. The van der Waals surface area contributed by atoms with E-state index in [1.54, 1.807) is 0 Å². The van der Waals surface area contributed by atoms with Gasteiger partial charge in [0.15, 0.2) is 0 Å². The summed E-state index contributed by atoms with van der Waals surface area (Å²) in [6, 6.07) is 6.16. The van der Waals surface area contributed by atoms with Crippen molar-refractivity contribution in [2.24, 2.45) is 0 Å². The molecule has 0 radical (unpaired) electrons. The van der Waals surface area contributed by atoms with Crippen molar-refractivity contribution in [3.63, 3.8) is 0 Å². The number of hydrogen-bond donors (Lipinski definition) is 1. The van der Waals surface area contributed by atoms with Crippen LogP contribution in [0.2, 0.25) is 0 Å². The molecular formula is C12H20N2S. The molecule has 84 valence electrons. The van der Waals surface area contributed by atoms with Gasteiger partial charge in [0.05, 0.1) is 5.69 Å². The van der Waals surface area contributed by atoms with Crippen LogP contribution in [0.3, 0.4) is 0 Å². The summed E-state index contributed by atoms with van der Waals surface area (Å²) in [6.07, 6.45) is 4.71. The van der Waals surface area contributed by atoms with Crippen LogP contribution in [0, 0.1) is 6.92 Å². The van der Waals surface area contributed by atoms with E-state index in [1.807, 2.05) is 24.8 Å². The standard InChI is InChI=1S/C12H20N2S/c1-11-6-5-7-12(14-11)10-13-8-3-4-9-15-2/h5-7,13H,3-4,8-10H2,1-2H3. The second-order valence-corrected chi connectivity index (χ2v) is 4.63. The van der Waals surface area contributed by atoms with E-state index in [9.17, 15) is 0 Å². The first-order valence-electron chi connectivity index (χ1n) is 5.45. The zero-order chi connectivity index (χ0) is 10.9. The maximum atomic E-state index is 4.44. The molecule has 0 aliphatic heterocycles. The average molecular weight is 224 g/mol. The van der Waals surface area contributed by atoms with E-state index < -0.39 is 0 Å². The average Bonchev–Trinajstić information content (AvgIpc) is 2.23. The fourth-order valence-electron chi connectivity index (χ4n) is 1.41. The molecule has 1 aromatic rings. The predicted molar refractivity (Wildman–Crippen MR) is 68.3 cm³/mol. The molecule has 0 bridgehead atoms. The van der Waals surface area contributed by atoms with Crippen LogP contribution in [0.1, 0.15) is 24.2 Å². The number of nitrogens with one attached hydrogen (secondary N) is 1. The summed E-state index contributed by atoms with van der Waals surface area (Å²) in [6.45, 7) is 4.01. The molecule has 0 aromatic carbocycles. The lowest BCUT2D eigenvalue weighted by atomic mass is 10.3. The maximum Gasteiger partial charge on any atom is 0.0544 e. The van der Waals surface area contributed by atoms with E-state index in [4.69, 9.17) is 0 Å². The summed E-state index contributed by atoms with van der Waals surface area (Å²) < 4.78 is 0. The lowest BCUT2D eigenvalue weighted by Gasteiger charge is -2.04. The Kier molecular flexibility index (Phi) is 6.44. The molecule has 0 aliphatic carbocycles. The minimum absolute atomic E-state index is 0.890. The first-order chi connectivity index (χ1) is 7.33. The van der Waals surface area contributed by atoms with Crippen molar-refractivity contribution in [3.05, 3.63) is 29.6 Å². The maximum absolute atomic E-state index is 4.44. The Balaban J connectivity index is 2.10. The zero-order valence-corrected chi connectivity index (χ0v) is 10.4. The molecule has 1 aromatic heterocycles. The summed E-state index contributed by atoms with van der Waals surface area (Å²) in [5, 5.41) is 3.42. The number of unbranched alkanes of at least 4 members (excludes halogenated alkanes) is 1. The molecule has 0 spiro atoms. The number of pyridine rings is 1. The molecule has 0 unspecified atom stereocenters. The number of aryl methyl sites for hydroxylation is 1. The normalized spacial score (nSPS) is 10.5. The van der Waals surface area contributed by atoms with E-state index >= 15 is 0 Å². The molecule has 1 N–H and O–H groups in total. The minimum Gasteiger partial charge on any atom is -0.311 e. The third-order valence-electron chi connectivity index (χ3n) is 2.20. The summed E-state index contributed by atoms with van der Waals surface area (Å²) in [5.74, 6) is 1.27. The van der Waals surface area contributed by atoms with Crippen molar-refractivity contribution in [1.82, 2.24) is 10.3 Å². The number of aromatic nitrogens is 1. The Labute approximate surface area is 96.9 Å². The van der Waals surface area contributed by atoms with Crippen LogP contribution in [-0.4, -0.2) is 23.5 Å². The van der Waals surface area contributed by atoms with Gasteiger partial charge in [0, 0.05) is 12.2 Å². The molecule has 0 atom stereocenters. The molecule has 1 heterocycles. The van der Waals surface area contributed by atoms with E-state index in [2.05, 4.69) is 28.7 Å². The molecule has 2 nitrogen and oxygen atoms in total. The lowest BCUT2D eigenvalue weighted by molar-refractivity contribution is 0.635. The Morgan fingerprint density at radius 3 is 2.93 bits per heavy atom. The molecule has 15 heavy (non-hydrogen) atoms. The van der Waals surface area contributed by atoms with Gasteiger partial charge in [-0.15, -0.1) is 0 Å². The first-order valence-corrected chi connectivity index (χ1v) is 6.84. The topological polar surface area (TPSA) is 24.9 Å². The van der Waals surface area contributed by atoms with Crippen LogP contribution < -0.4 is 5.32 Å². The van der Waals surface area contributed by atoms with Crippen molar-refractivity contribution in [2.45, 2.75) is 26.3 Å². The quantitative estimate of drug-likeness (QED) is 0.721. The van der Waals surface area contributed by atoms with Gasteiger partial charge in [-0.3, -0.25) is 4.98 Å². The SMILES string of the molecule is CSCCCCNCc1cccc(C)n1. The summed E-state index contributed by atoms with van der Waals surface area (Å²) in [7, 11) is 0. The van der Waals surface area contributed by atoms with Gasteiger partial charge in [0.2, 0.25) is 0 Å². The number of rotatable bonds is 7. The van der Waals surface area contributed by atoms with Crippen molar-refractivity contribution >= 4 is 11.8 Å². The number of thioether (sulfide) groups is 1. The van der Waals surface area contributed by atoms with Gasteiger partial charge in [0.25, 0.3) is 0 Å². The fraction of sp³-hybridized carbons (Fsp3) is 0.583. The Hall–Kier alpha value is -0.540. The highest BCUT2D eigenvalue weighted by molar-refractivity contribution is 7.98. The highest BCUT2D eigenvalue weighted by Crippen LogP contribution is 1.99. The van der Waals surface area contributed by atoms with Crippen molar-refractivity contribution in [1.29, 1.82) is 0 Å². The van der Waals surface area contributed by atoms with Gasteiger partial charge in [0.1, 0.15) is 0 Å². The highest BCUT2D eigenvalue weighted by Gasteiger charge is 1.94. The summed E-state index contributed by atoms with van der Waals surface area (Å²) in [4.78, 5) is 4.44. The molecule has 0 amide bonds. The van der Waals surface area contributed by atoms with Gasteiger partial charge >= 0.3 is 0 Å². The van der Waals surface area contributed by atoms with Crippen molar-refractivity contribution in [3.8, 4) is 0 Å². The molecule has 1 rings (SSSR count). The summed E-state index contributed by atoms with van der Waals surface area (Å²) >= 11 is 1.92. The van der Waals surface area contributed by atoms with Gasteiger partial charge in [-0.25, -0.2) is 0 Å². The number of hydrogen-bond acceptors (Lipinski definition) is 3. The fourth-order valence-corrected chi connectivity index (χ4v) is 1.90. The van der Waals surface area contributed by atoms with E-state index in [-0.39, 0.29) is 0 Å². The Bertz CT molecular complexity index is 276. The van der Waals surface area contributed by atoms with E-state index in [1.165, 1.54) is 18.6 Å². The van der Waals surface area contributed by atoms with Crippen LogP contribution in [0.25, 0.3) is 0 Å². The van der Waals surface area contributed by atoms with E-state index in [0.717, 1.165) is 24.5 Å². The molecule has 0 saturated carbocycles. The monoisotopic (exact) mass is 224 g/mol. The molecule has 0 aliphatic rings. The largest absolute Gasteiger partial charge is 0.311 e. The Morgan fingerprint density at radius 1 is 1.33 bits per heavy atom. The smallest absolute Gasteiger partial charge is 0.0544 e. The van der Waals surface area contributed by atoms with Gasteiger partial charge in [-0.05, 0) is 50.5 Å². The molecule has 0 saturated heterocycles. The van der Waals surface area contributed by atoms with Crippen LogP contribution in [0.15, 0.2) is 18.2 Å². The van der Waals surface area contributed by atoms with Crippen LogP contribution in [0.4, 0.5) is 0 Å². The van der Waals surface area contributed by atoms with Crippen LogP contribution >= 0.6 is 11.8 Å². The van der Waals surface area contributed by atoms with Crippen molar-refractivity contribution < 1.29 is 0 Å². The zero-order valence-electron chi connectivity index (χ0n) is 9.62. The van der Waals surface area contributed by atoms with Crippen molar-refractivity contribution in [2.75, 3.05) is 18.6 Å². The molecule has 3 heteroatoms. The lowest BCUT2D eigenvalue weighted by Crippen LogP contribution is -2.15.